The average Bonchev–Trinajstić information content (AvgIpc) is 2.38. The van der Waals surface area contributed by atoms with Gasteiger partial charge in [-0.2, -0.15) is 0 Å². The summed E-state index contributed by atoms with van der Waals surface area (Å²) in [6.07, 6.45) is 3.06. The summed E-state index contributed by atoms with van der Waals surface area (Å²) in [7, 11) is 0. The van der Waals surface area contributed by atoms with Crippen molar-refractivity contribution in [2.45, 2.75) is 31.8 Å². The molecule has 1 saturated heterocycles. The smallest absolute Gasteiger partial charge is 0.237 e. The fourth-order valence-electron chi connectivity index (χ4n) is 2.02. The Kier molecular flexibility index (Phi) is 6.09. The van der Waals surface area contributed by atoms with Crippen LogP contribution in [-0.4, -0.2) is 18.5 Å². The van der Waals surface area contributed by atoms with Gasteiger partial charge in [0.25, 0.3) is 0 Å². The quantitative estimate of drug-likeness (QED) is 0.884. The minimum atomic E-state index is -0.274. The normalized spacial score (nSPS) is 18.8. The molecule has 2 rings (SSSR count). The van der Waals surface area contributed by atoms with Crippen molar-refractivity contribution >= 4 is 18.3 Å². The fourth-order valence-corrected chi connectivity index (χ4v) is 2.02. The van der Waals surface area contributed by atoms with Crippen LogP contribution in [0.5, 0.6) is 0 Å². The zero-order valence-electron chi connectivity index (χ0n) is 10.1. The molecule has 0 spiro atoms. The third kappa shape index (κ3) is 3.96. The van der Waals surface area contributed by atoms with Crippen molar-refractivity contribution in [1.29, 1.82) is 0 Å². The molecule has 5 heteroatoms. The highest BCUT2D eigenvalue weighted by Crippen LogP contribution is 2.08. The SMILES string of the molecule is Cl.O=C(NCc1ccccc1F)[C@@H]1CCCCN1. The van der Waals surface area contributed by atoms with Crippen LogP contribution >= 0.6 is 12.4 Å². The molecule has 2 N–H and O–H groups in total. The molecule has 0 bridgehead atoms. The topological polar surface area (TPSA) is 41.1 Å². The van der Waals surface area contributed by atoms with E-state index in [1.807, 2.05) is 0 Å². The molecular formula is C13H18ClFN2O. The summed E-state index contributed by atoms with van der Waals surface area (Å²) in [5.74, 6) is -0.308. The third-order valence-corrected chi connectivity index (χ3v) is 3.04. The second-order valence-electron chi connectivity index (χ2n) is 4.31. The van der Waals surface area contributed by atoms with Gasteiger partial charge in [-0.1, -0.05) is 24.6 Å². The van der Waals surface area contributed by atoms with Crippen molar-refractivity contribution in [2.75, 3.05) is 6.54 Å². The Hall–Kier alpha value is -1.13. The van der Waals surface area contributed by atoms with Gasteiger partial charge in [0, 0.05) is 12.1 Å². The lowest BCUT2D eigenvalue weighted by molar-refractivity contribution is -0.123. The second kappa shape index (κ2) is 7.34. The summed E-state index contributed by atoms with van der Waals surface area (Å²) in [6, 6.07) is 6.38. The molecule has 1 amide bonds. The van der Waals surface area contributed by atoms with E-state index in [1.54, 1.807) is 18.2 Å². The summed E-state index contributed by atoms with van der Waals surface area (Å²) in [5.41, 5.74) is 0.525. The predicted octanol–water partition coefficient (Wildman–Crippen LogP) is 2.01. The fraction of sp³-hybridized carbons (Fsp3) is 0.462. The van der Waals surface area contributed by atoms with Crippen molar-refractivity contribution in [3.05, 3.63) is 35.6 Å². The standard InChI is InChI=1S/C13H17FN2O.ClH/c14-11-6-2-1-5-10(11)9-16-13(17)12-7-3-4-8-15-12;/h1-2,5-6,12,15H,3-4,7-9H2,(H,16,17);1H/t12-;/m0./s1. The summed E-state index contributed by atoms with van der Waals surface area (Å²) < 4.78 is 13.3. The van der Waals surface area contributed by atoms with Crippen LogP contribution in [0.4, 0.5) is 4.39 Å². The summed E-state index contributed by atoms with van der Waals surface area (Å²) in [6.45, 7) is 1.14. The molecule has 0 aromatic heterocycles. The van der Waals surface area contributed by atoms with Crippen LogP contribution in [0.25, 0.3) is 0 Å². The number of carbonyl (C=O) groups is 1. The van der Waals surface area contributed by atoms with Crippen LogP contribution < -0.4 is 10.6 Å². The van der Waals surface area contributed by atoms with E-state index in [9.17, 15) is 9.18 Å². The zero-order chi connectivity index (χ0) is 12.1. The van der Waals surface area contributed by atoms with E-state index in [4.69, 9.17) is 0 Å². The lowest BCUT2D eigenvalue weighted by Crippen LogP contribution is -2.46. The van der Waals surface area contributed by atoms with Crippen LogP contribution in [0.3, 0.4) is 0 Å². The monoisotopic (exact) mass is 272 g/mol. The molecule has 0 unspecified atom stereocenters. The van der Waals surface area contributed by atoms with Gasteiger partial charge < -0.3 is 10.6 Å². The molecule has 1 fully saturated rings. The van der Waals surface area contributed by atoms with Crippen LogP contribution in [0.1, 0.15) is 24.8 Å². The molecule has 100 valence electrons. The van der Waals surface area contributed by atoms with Gasteiger partial charge in [-0.05, 0) is 25.5 Å². The Morgan fingerprint density at radius 3 is 2.83 bits per heavy atom. The van der Waals surface area contributed by atoms with Crippen LogP contribution in [0, 0.1) is 5.82 Å². The lowest BCUT2D eigenvalue weighted by atomic mass is 10.0. The summed E-state index contributed by atoms with van der Waals surface area (Å²) >= 11 is 0. The van der Waals surface area contributed by atoms with E-state index in [0.29, 0.717) is 5.56 Å². The highest BCUT2D eigenvalue weighted by atomic mass is 35.5. The summed E-state index contributed by atoms with van der Waals surface area (Å²) in [5, 5.41) is 5.93. The molecule has 0 radical (unpaired) electrons. The van der Waals surface area contributed by atoms with Gasteiger partial charge >= 0.3 is 0 Å². The molecule has 1 aliphatic heterocycles. The van der Waals surface area contributed by atoms with Gasteiger partial charge in [-0.3, -0.25) is 4.79 Å². The largest absolute Gasteiger partial charge is 0.351 e. The molecule has 0 saturated carbocycles. The first-order chi connectivity index (χ1) is 8.27. The number of halogens is 2. The maximum absolute atomic E-state index is 13.3. The molecule has 1 aromatic rings. The number of hydrogen-bond acceptors (Lipinski definition) is 2. The molecule has 1 atom stereocenters. The number of amides is 1. The number of piperidine rings is 1. The van der Waals surface area contributed by atoms with Gasteiger partial charge in [0.15, 0.2) is 0 Å². The van der Waals surface area contributed by atoms with E-state index in [1.165, 1.54) is 6.07 Å². The number of carbonyl (C=O) groups excluding carboxylic acids is 1. The Morgan fingerprint density at radius 2 is 2.17 bits per heavy atom. The number of benzene rings is 1. The van der Waals surface area contributed by atoms with Crippen molar-refractivity contribution in [3.63, 3.8) is 0 Å². The van der Waals surface area contributed by atoms with E-state index in [2.05, 4.69) is 10.6 Å². The van der Waals surface area contributed by atoms with Crippen molar-refractivity contribution in [3.8, 4) is 0 Å². The van der Waals surface area contributed by atoms with Crippen molar-refractivity contribution < 1.29 is 9.18 Å². The molecule has 1 aliphatic rings. The Balaban J connectivity index is 0.00000162. The lowest BCUT2D eigenvalue weighted by Gasteiger charge is -2.22. The predicted molar refractivity (Wildman–Crippen MR) is 71.1 cm³/mol. The number of hydrogen-bond donors (Lipinski definition) is 2. The van der Waals surface area contributed by atoms with Gasteiger partial charge in [0.2, 0.25) is 5.91 Å². The maximum Gasteiger partial charge on any atom is 0.237 e. The van der Waals surface area contributed by atoms with Crippen LogP contribution in [0.15, 0.2) is 24.3 Å². The van der Waals surface area contributed by atoms with Crippen LogP contribution in [0.2, 0.25) is 0 Å². The molecule has 3 nitrogen and oxygen atoms in total. The highest BCUT2D eigenvalue weighted by Gasteiger charge is 2.20. The first-order valence-corrected chi connectivity index (χ1v) is 6.02. The molecular weight excluding hydrogens is 255 g/mol. The van der Waals surface area contributed by atoms with E-state index in [-0.39, 0.29) is 36.7 Å². The highest BCUT2D eigenvalue weighted by molar-refractivity contribution is 5.85. The number of nitrogens with one attached hydrogen (secondary N) is 2. The molecule has 1 heterocycles. The Labute approximate surface area is 113 Å². The van der Waals surface area contributed by atoms with Gasteiger partial charge in [0.05, 0.1) is 6.04 Å². The van der Waals surface area contributed by atoms with Gasteiger partial charge in [-0.25, -0.2) is 4.39 Å². The summed E-state index contributed by atoms with van der Waals surface area (Å²) in [4.78, 5) is 11.8. The average molecular weight is 273 g/mol. The molecule has 0 aliphatic carbocycles. The second-order valence-corrected chi connectivity index (χ2v) is 4.31. The number of rotatable bonds is 3. The molecule has 18 heavy (non-hydrogen) atoms. The maximum atomic E-state index is 13.3. The minimum absolute atomic E-state index is 0. The van der Waals surface area contributed by atoms with E-state index in [0.717, 1.165) is 25.8 Å². The first kappa shape index (κ1) is 14.9. The minimum Gasteiger partial charge on any atom is -0.351 e. The Morgan fingerprint density at radius 1 is 1.39 bits per heavy atom. The van der Waals surface area contributed by atoms with Crippen LogP contribution in [-0.2, 0) is 11.3 Å². The third-order valence-electron chi connectivity index (χ3n) is 3.04. The first-order valence-electron chi connectivity index (χ1n) is 6.02. The van der Waals surface area contributed by atoms with Gasteiger partial charge in [0.1, 0.15) is 5.82 Å². The molecule has 1 aromatic carbocycles. The Bertz CT molecular complexity index is 394. The van der Waals surface area contributed by atoms with Gasteiger partial charge in [-0.15, -0.1) is 12.4 Å². The zero-order valence-corrected chi connectivity index (χ0v) is 10.9. The van der Waals surface area contributed by atoms with Crippen molar-refractivity contribution in [2.24, 2.45) is 0 Å². The van der Waals surface area contributed by atoms with E-state index < -0.39 is 0 Å². The van der Waals surface area contributed by atoms with E-state index >= 15 is 0 Å². The van der Waals surface area contributed by atoms with Crippen molar-refractivity contribution in [1.82, 2.24) is 10.6 Å².